The van der Waals surface area contributed by atoms with E-state index in [2.05, 4.69) is 6.58 Å². The van der Waals surface area contributed by atoms with Gasteiger partial charge in [-0.05, 0) is 13.3 Å². The van der Waals surface area contributed by atoms with E-state index >= 15 is 0 Å². The molecule has 0 fully saturated rings. The van der Waals surface area contributed by atoms with Gasteiger partial charge in [-0.2, -0.15) is 0 Å². The molecule has 0 N–H and O–H groups in total. The van der Waals surface area contributed by atoms with Gasteiger partial charge in [-0.25, -0.2) is 4.79 Å². The number of hydrogen-bond acceptors (Lipinski definition) is 4. The van der Waals surface area contributed by atoms with Gasteiger partial charge in [0.05, 0.1) is 6.61 Å². The van der Waals surface area contributed by atoms with Crippen molar-refractivity contribution in [3.63, 3.8) is 0 Å². The second-order valence-electron chi connectivity index (χ2n) is 2.88. The molecule has 0 aromatic carbocycles. The number of hydrogen-bond donors (Lipinski definition) is 0. The van der Waals surface area contributed by atoms with E-state index in [9.17, 15) is 4.79 Å². The smallest absolute Gasteiger partial charge is 0.335 e. The third kappa shape index (κ3) is 7.90. The van der Waals surface area contributed by atoms with Crippen LogP contribution in [0, 0.1) is 0 Å². The van der Waals surface area contributed by atoms with Gasteiger partial charge in [0, 0.05) is 19.3 Å². The van der Waals surface area contributed by atoms with Gasteiger partial charge in [-0.1, -0.05) is 12.2 Å². The molecule has 0 aromatic heterocycles. The molecule has 0 heterocycles. The summed E-state index contributed by atoms with van der Waals surface area (Å²) in [5.41, 5.74) is 0.564. The molecule has 0 saturated carbocycles. The summed E-state index contributed by atoms with van der Waals surface area (Å²) in [7, 11) is 1.62. The fourth-order valence-corrected chi connectivity index (χ4v) is 0.817. The van der Waals surface area contributed by atoms with Gasteiger partial charge in [-0.15, -0.1) is 6.58 Å². The van der Waals surface area contributed by atoms with Gasteiger partial charge < -0.3 is 14.2 Å². The summed E-state index contributed by atoms with van der Waals surface area (Å²) in [5.74, 6) is -0.366. The van der Waals surface area contributed by atoms with Crippen LogP contribution in [0.15, 0.2) is 24.3 Å². The minimum Gasteiger partial charge on any atom is -0.435 e. The molecular formula is C11H18O4. The van der Waals surface area contributed by atoms with Crippen LogP contribution in [0.3, 0.4) is 0 Å². The van der Waals surface area contributed by atoms with Crippen molar-refractivity contribution in [3.05, 3.63) is 24.3 Å². The van der Waals surface area contributed by atoms with Crippen molar-refractivity contribution >= 4 is 5.97 Å². The molecule has 4 heteroatoms. The number of esters is 1. The fourth-order valence-electron chi connectivity index (χ4n) is 0.817. The maximum Gasteiger partial charge on any atom is 0.335 e. The van der Waals surface area contributed by atoms with Crippen molar-refractivity contribution in [3.8, 4) is 0 Å². The molecule has 0 radical (unpaired) electrons. The second kappa shape index (κ2) is 9.43. The highest BCUT2D eigenvalue weighted by molar-refractivity contribution is 5.87. The van der Waals surface area contributed by atoms with Crippen molar-refractivity contribution < 1.29 is 19.0 Å². The van der Waals surface area contributed by atoms with E-state index < -0.39 is 0 Å². The van der Waals surface area contributed by atoms with Crippen LogP contribution >= 0.6 is 0 Å². The number of carbonyl (C=O) groups excluding carboxylic acids is 1. The largest absolute Gasteiger partial charge is 0.435 e. The number of carbonyl (C=O) groups is 1. The average molecular weight is 214 g/mol. The fraction of sp³-hybridized carbons (Fsp3) is 0.545. The van der Waals surface area contributed by atoms with Gasteiger partial charge in [0.1, 0.15) is 0 Å². The Hall–Kier alpha value is -1.13. The third-order valence-electron chi connectivity index (χ3n) is 1.60. The van der Waals surface area contributed by atoms with Crippen LogP contribution in [-0.4, -0.2) is 33.1 Å². The van der Waals surface area contributed by atoms with Crippen molar-refractivity contribution in [2.45, 2.75) is 13.3 Å². The molecule has 0 aliphatic heterocycles. The first kappa shape index (κ1) is 13.9. The average Bonchev–Trinajstić information content (AvgIpc) is 2.24. The summed E-state index contributed by atoms with van der Waals surface area (Å²) in [5, 5.41) is 0. The van der Waals surface area contributed by atoms with Gasteiger partial charge >= 0.3 is 5.97 Å². The Morgan fingerprint density at radius 2 is 2.20 bits per heavy atom. The molecule has 0 saturated heterocycles. The summed E-state index contributed by atoms with van der Waals surface area (Å²) in [4.78, 5) is 11.3. The van der Waals surface area contributed by atoms with E-state index in [1.807, 2.05) is 0 Å². The SMILES string of the molecule is C=CCOCOC(=O)C(C)=CCCOC. The standard InChI is InChI=1S/C11H18O4/c1-4-7-14-9-15-11(12)10(2)6-5-8-13-3/h4,6H,1,5,7-9H2,2-3H3. The molecule has 0 aliphatic rings. The van der Waals surface area contributed by atoms with Gasteiger partial charge in [-0.3, -0.25) is 0 Å². The van der Waals surface area contributed by atoms with Crippen LogP contribution in [0.5, 0.6) is 0 Å². The molecule has 0 amide bonds. The number of ether oxygens (including phenoxy) is 3. The van der Waals surface area contributed by atoms with Gasteiger partial charge in [0.25, 0.3) is 0 Å². The lowest BCUT2D eigenvalue weighted by atomic mass is 10.2. The molecular weight excluding hydrogens is 196 g/mol. The topological polar surface area (TPSA) is 44.8 Å². The highest BCUT2D eigenvalue weighted by atomic mass is 16.7. The minimum atomic E-state index is -0.366. The Morgan fingerprint density at radius 3 is 2.80 bits per heavy atom. The highest BCUT2D eigenvalue weighted by Crippen LogP contribution is 1.99. The van der Waals surface area contributed by atoms with E-state index in [0.717, 1.165) is 0 Å². The zero-order valence-corrected chi connectivity index (χ0v) is 9.32. The number of rotatable bonds is 8. The normalized spacial score (nSPS) is 11.2. The molecule has 86 valence electrons. The van der Waals surface area contributed by atoms with Crippen LogP contribution in [-0.2, 0) is 19.0 Å². The second-order valence-corrected chi connectivity index (χ2v) is 2.88. The molecule has 15 heavy (non-hydrogen) atoms. The Bertz CT molecular complexity index is 221. The van der Waals surface area contributed by atoms with E-state index in [-0.39, 0.29) is 12.8 Å². The lowest BCUT2D eigenvalue weighted by Crippen LogP contribution is -2.09. The first-order chi connectivity index (χ1) is 7.22. The Kier molecular flexibility index (Phi) is 8.72. The van der Waals surface area contributed by atoms with Crippen LogP contribution in [0.4, 0.5) is 0 Å². The van der Waals surface area contributed by atoms with Crippen LogP contribution < -0.4 is 0 Å². The van der Waals surface area contributed by atoms with Gasteiger partial charge in [0.15, 0.2) is 6.79 Å². The molecule has 0 aromatic rings. The molecule has 0 rings (SSSR count). The van der Waals surface area contributed by atoms with Crippen LogP contribution in [0.1, 0.15) is 13.3 Å². The summed E-state index contributed by atoms with van der Waals surface area (Å²) >= 11 is 0. The summed E-state index contributed by atoms with van der Waals surface area (Å²) in [6.45, 7) is 6.10. The van der Waals surface area contributed by atoms with Crippen LogP contribution in [0.2, 0.25) is 0 Å². The van der Waals surface area contributed by atoms with Gasteiger partial charge in [0.2, 0.25) is 0 Å². The first-order valence-electron chi connectivity index (χ1n) is 4.73. The minimum absolute atomic E-state index is 0.0414. The van der Waals surface area contributed by atoms with Crippen LogP contribution in [0.25, 0.3) is 0 Å². The zero-order valence-electron chi connectivity index (χ0n) is 9.32. The highest BCUT2D eigenvalue weighted by Gasteiger charge is 2.04. The predicted octanol–water partition coefficient (Wildman–Crippen LogP) is 1.67. The maximum atomic E-state index is 11.3. The Balaban J connectivity index is 3.68. The number of methoxy groups -OCH3 is 1. The van der Waals surface area contributed by atoms with E-state index in [1.165, 1.54) is 0 Å². The van der Waals surface area contributed by atoms with Crippen molar-refractivity contribution in [2.24, 2.45) is 0 Å². The lowest BCUT2D eigenvalue weighted by molar-refractivity contribution is -0.150. The molecule has 0 bridgehead atoms. The third-order valence-corrected chi connectivity index (χ3v) is 1.60. The molecule has 4 nitrogen and oxygen atoms in total. The summed E-state index contributed by atoms with van der Waals surface area (Å²) in [6.07, 6.45) is 4.07. The van der Waals surface area contributed by atoms with E-state index in [4.69, 9.17) is 14.2 Å². The Morgan fingerprint density at radius 1 is 1.47 bits per heavy atom. The molecule has 0 unspecified atom stereocenters. The quantitative estimate of drug-likeness (QED) is 0.203. The van der Waals surface area contributed by atoms with Crippen molar-refractivity contribution in [2.75, 3.05) is 27.1 Å². The van der Waals surface area contributed by atoms with Crippen molar-refractivity contribution in [1.82, 2.24) is 0 Å². The van der Waals surface area contributed by atoms with E-state index in [0.29, 0.717) is 25.2 Å². The maximum absolute atomic E-state index is 11.3. The monoisotopic (exact) mass is 214 g/mol. The summed E-state index contributed by atoms with van der Waals surface area (Å²) in [6, 6.07) is 0. The zero-order chi connectivity index (χ0) is 11.5. The van der Waals surface area contributed by atoms with E-state index in [1.54, 1.807) is 26.2 Å². The predicted molar refractivity (Wildman–Crippen MR) is 57.4 cm³/mol. The first-order valence-corrected chi connectivity index (χ1v) is 4.73. The summed E-state index contributed by atoms with van der Waals surface area (Å²) < 4.78 is 14.6. The lowest BCUT2D eigenvalue weighted by Gasteiger charge is -2.04. The molecule has 0 aliphatic carbocycles. The molecule has 0 spiro atoms. The molecule has 0 atom stereocenters. The van der Waals surface area contributed by atoms with Crippen molar-refractivity contribution in [1.29, 1.82) is 0 Å². The Labute approximate surface area is 90.5 Å².